The van der Waals surface area contributed by atoms with Gasteiger partial charge in [-0.15, -0.1) is 0 Å². The summed E-state index contributed by atoms with van der Waals surface area (Å²) in [6, 6.07) is 6.80. The van der Waals surface area contributed by atoms with Crippen molar-refractivity contribution in [1.82, 2.24) is 5.32 Å². The van der Waals surface area contributed by atoms with Crippen LogP contribution >= 0.6 is 11.6 Å². The zero-order chi connectivity index (χ0) is 16.3. The minimum Gasteiger partial charge on any atom is -0.367 e. The lowest BCUT2D eigenvalue weighted by atomic mass is 9.88. The van der Waals surface area contributed by atoms with Gasteiger partial charge in [0, 0.05) is 10.9 Å². The first kappa shape index (κ1) is 16.8. The molecule has 0 spiro atoms. The van der Waals surface area contributed by atoms with Crippen molar-refractivity contribution in [2.75, 3.05) is 6.54 Å². The first-order chi connectivity index (χ1) is 10.4. The van der Waals surface area contributed by atoms with Gasteiger partial charge in [-0.05, 0) is 49.9 Å². The van der Waals surface area contributed by atoms with Gasteiger partial charge in [-0.2, -0.15) is 0 Å². The van der Waals surface area contributed by atoms with E-state index in [0.717, 1.165) is 19.3 Å². The molecule has 5 nitrogen and oxygen atoms in total. The predicted octanol–water partition coefficient (Wildman–Crippen LogP) is 1.53. The Morgan fingerprint density at radius 1 is 1.41 bits per heavy atom. The minimum atomic E-state index is -1.29. The maximum absolute atomic E-state index is 12.6. The van der Waals surface area contributed by atoms with Gasteiger partial charge >= 0.3 is 0 Å². The lowest BCUT2D eigenvalue weighted by Gasteiger charge is -2.30. The maximum atomic E-state index is 12.6. The van der Waals surface area contributed by atoms with Crippen LogP contribution in [0.4, 0.5) is 0 Å². The van der Waals surface area contributed by atoms with E-state index in [1.54, 1.807) is 31.2 Å². The van der Waals surface area contributed by atoms with Gasteiger partial charge in [0.05, 0.1) is 0 Å². The Bertz CT molecular complexity index is 578. The fourth-order valence-corrected chi connectivity index (χ4v) is 3.27. The molecule has 22 heavy (non-hydrogen) atoms. The molecular formula is C16H22ClN3O2. The van der Waals surface area contributed by atoms with E-state index in [9.17, 15) is 9.59 Å². The van der Waals surface area contributed by atoms with E-state index in [0.29, 0.717) is 17.1 Å². The third-order valence-corrected chi connectivity index (χ3v) is 4.80. The smallest absolute Gasteiger partial charge is 0.247 e. The van der Waals surface area contributed by atoms with E-state index in [2.05, 4.69) is 5.32 Å². The molecule has 1 unspecified atom stereocenters. The highest BCUT2D eigenvalue weighted by molar-refractivity contribution is 6.30. The summed E-state index contributed by atoms with van der Waals surface area (Å²) in [5.41, 5.74) is 10.6. The lowest BCUT2D eigenvalue weighted by Crippen LogP contribution is -2.54. The Morgan fingerprint density at radius 2 is 2.14 bits per heavy atom. The third-order valence-electron chi connectivity index (χ3n) is 4.57. The molecule has 0 heterocycles. The first-order valence-electron chi connectivity index (χ1n) is 7.46. The SMILES string of the molecule is CC(NC(=O)[C@@H]1CCC[C@@H]1CN)(C(N)=O)c1cccc(Cl)c1. The second kappa shape index (κ2) is 6.67. The van der Waals surface area contributed by atoms with Gasteiger partial charge < -0.3 is 16.8 Å². The molecule has 6 heteroatoms. The number of nitrogens with one attached hydrogen (secondary N) is 1. The van der Waals surface area contributed by atoms with E-state index in [4.69, 9.17) is 23.1 Å². The van der Waals surface area contributed by atoms with Gasteiger partial charge in [0.25, 0.3) is 0 Å². The molecule has 2 rings (SSSR count). The van der Waals surface area contributed by atoms with Crippen LogP contribution in [0, 0.1) is 11.8 Å². The molecule has 1 aliphatic carbocycles. The fourth-order valence-electron chi connectivity index (χ4n) is 3.08. The summed E-state index contributed by atoms with van der Waals surface area (Å²) >= 11 is 5.98. The Hall–Kier alpha value is -1.59. The van der Waals surface area contributed by atoms with Gasteiger partial charge in [0.2, 0.25) is 11.8 Å². The van der Waals surface area contributed by atoms with E-state index >= 15 is 0 Å². The maximum Gasteiger partial charge on any atom is 0.247 e. The third kappa shape index (κ3) is 3.25. The highest BCUT2D eigenvalue weighted by Gasteiger charge is 2.39. The van der Waals surface area contributed by atoms with Gasteiger partial charge in [0.15, 0.2) is 0 Å². The number of primary amides is 1. The monoisotopic (exact) mass is 323 g/mol. The molecule has 0 aromatic heterocycles. The van der Waals surface area contributed by atoms with Crippen molar-refractivity contribution >= 4 is 23.4 Å². The highest BCUT2D eigenvalue weighted by atomic mass is 35.5. The van der Waals surface area contributed by atoms with Crippen molar-refractivity contribution < 1.29 is 9.59 Å². The van der Waals surface area contributed by atoms with Crippen molar-refractivity contribution in [3.8, 4) is 0 Å². The number of nitrogens with two attached hydrogens (primary N) is 2. The predicted molar refractivity (Wildman–Crippen MR) is 86.0 cm³/mol. The first-order valence-corrected chi connectivity index (χ1v) is 7.84. The molecule has 2 amide bonds. The number of rotatable bonds is 5. The van der Waals surface area contributed by atoms with E-state index in [-0.39, 0.29) is 17.7 Å². The van der Waals surface area contributed by atoms with Crippen molar-refractivity contribution in [3.63, 3.8) is 0 Å². The molecule has 0 aliphatic heterocycles. The molecule has 1 aromatic rings. The number of amides is 2. The summed E-state index contributed by atoms with van der Waals surface area (Å²) in [5, 5.41) is 3.30. The average molecular weight is 324 g/mol. The lowest BCUT2D eigenvalue weighted by molar-refractivity contribution is -0.134. The Morgan fingerprint density at radius 3 is 2.73 bits per heavy atom. The molecule has 5 N–H and O–H groups in total. The van der Waals surface area contributed by atoms with Crippen LogP contribution in [0.25, 0.3) is 0 Å². The summed E-state index contributed by atoms with van der Waals surface area (Å²) in [5.74, 6) is -0.793. The second-order valence-electron chi connectivity index (χ2n) is 6.02. The number of hydrogen-bond donors (Lipinski definition) is 3. The van der Waals surface area contributed by atoms with Crippen LogP contribution in [-0.4, -0.2) is 18.4 Å². The quantitative estimate of drug-likeness (QED) is 0.766. The van der Waals surface area contributed by atoms with Crippen LogP contribution in [0.1, 0.15) is 31.7 Å². The average Bonchev–Trinajstić information content (AvgIpc) is 2.95. The van der Waals surface area contributed by atoms with Gasteiger partial charge in [-0.25, -0.2) is 0 Å². The Labute approximate surface area is 135 Å². The van der Waals surface area contributed by atoms with Crippen molar-refractivity contribution in [3.05, 3.63) is 34.9 Å². The van der Waals surface area contributed by atoms with E-state index in [1.807, 2.05) is 0 Å². The highest BCUT2D eigenvalue weighted by Crippen LogP contribution is 2.32. The molecule has 1 saturated carbocycles. The van der Waals surface area contributed by atoms with E-state index in [1.165, 1.54) is 0 Å². The van der Waals surface area contributed by atoms with Crippen LogP contribution in [0.5, 0.6) is 0 Å². The number of halogens is 1. The summed E-state index contributed by atoms with van der Waals surface area (Å²) in [4.78, 5) is 24.6. The van der Waals surface area contributed by atoms with Crippen LogP contribution < -0.4 is 16.8 Å². The van der Waals surface area contributed by atoms with Gasteiger partial charge in [0.1, 0.15) is 5.54 Å². The Balaban J connectivity index is 2.25. The van der Waals surface area contributed by atoms with Crippen LogP contribution in [-0.2, 0) is 15.1 Å². The van der Waals surface area contributed by atoms with Crippen LogP contribution in [0.2, 0.25) is 5.02 Å². The fraction of sp³-hybridized carbons (Fsp3) is 0.500. The summed E-state index contributed by atoms with van der Waals surface area (Å²) in [7, 11) is 0. The second-order valence-corrected chi connectivity index (χ2v) is 6.46. The van der Waals surface area contributed by atoms with Gasteiger partial charge in [-0.3, -0.25) is 9.59 Å². The molecule has 1 aliphatic rings. The number of hydrogen-bond acceptors (Lipinski definition) is 3. The molecule has 120 valence electrons. The molecule has 3 atom stereocenters. The summed E-state index contributed by atoms with van der Waals surface area (Å²) < 4.78 is 0. The molecule has 0 radical (unpaired) electrons. The normalized spacial score (nSPS) is 23.8. The molecular weight excluding hydrogens is 302 g/mol. The van der Waals surface area contributed by atoms with Crippen LogP contribution in [0.3, 0.4) is 0 Å². The van der Waals surface area contributed by atoms with E-state index < -0.39 is 11.4 Å². The zero-order valence-corrected chi connectivity index (χ0v) is 13.4. The standard InChI is InChI=1S/C16H22ClN3O2/c1-16(15(19)22,11-5-3-6-12(17)8-11)20-14(21)13-7-2-4-10(13)9-18/h3,5-6,8,10,13H,2,4,7,9,18H2,1H3,(H2,19,22)(H,20,21)/t10-,13-,16?/m1/s1. The van der Waals surface area contributed by atoms with Crippen molar-refractivity contribution in [2.24, 2.45) is 23.3 Å². The van der Waals surface area contributed by atoms with Gasteiger partial charge in [-0.1, -0.05) is 30.2 Å². The number of carbonyl (C=O) groups excluding carboxylic acids is 2. The molecule has 1 fully saturated rings. The van der Waals surface area contributed by atoms with Crippen molar-refractivity contribution in [1.29, 1.82) is 0 Å². The minimum absolute atomic E-state index is 0.163. The topological polar surface area (TPSA) is 98.2 Å². The van der Waals surface area contributed by atoms with Crippen LogP contribution in [0.15, 0.2) is 24.3 Å². The molecule has 0 saturated heterocycles. The number of carbonyl (C=O) groups is 2. The summed E-state index contributed by atoms with van der Waals surface area (Å²) in [6.07, 6.45) is 2.71. The van der Waals surface area contributed by atoms with Crippen molar-refractivity contribution in [2.45, 2.75) is 31.7 Å². The molecule has 1 aromatic carbocycles. The Kier molecular flexibility index (Phi) is 5.08. The zero-order valence-electron chi connectivity index (χ0n) is 12.6. The largest absolute Gasteiger partial charge is 0.367 e. The molecule has 0 bridgehead atoms. The number of benzene rings is 1. The summed E-state index contributed by atoms with van der Waals surface area (Å²) in [6.45, 7) is 2.08.